The number of aliphatic hydroxyl groups is 1. The third kappa shape index (κ3) is 1.82. The zero-order valence-electron chi connectivity index (χ0n) is 4.75. The summed E-state index contributed by atoms with van der Waals surface area (Å²) in [6.07, 6.45) is 0. The van der Waals surface area contributed by atoms with Crippen LogP contribution in [-0.4, -0.2) is 16.2 Å². The Morgan fingerprint density at radius 1 is 1.56 bits per heavy atom. The zero-order valence-corrected chi connectivity index (χ0v) is 4.75. The molecule has 0 aliphatic carbocycles. The van der Waals surface area contributed by atoms with E-state index in [-0.39, 0.29) is 5.57 Å². The number of nitrogens with zero attached hydrogens (tertiary/aromatic N) is 1. The topological polar surface area (TPSA) is 81.3 Å². The van der Waals surface area contributed by atoms with Crippen molar-refractivity contribution in [1.82, 2.24) is 0 Å². The first-order chi connectivity index (χ1) is 4.09. The van der Waals surface area contributed by atoms with Crippen LogP contribution in [0.2, 0.25) is 0 Å². The average molecular weight is 127 g/mol. The van der Waals surface area contributed by atoms with Crippen LogP contribution in [0.4, 0.5) is 0 Å². The normalized spacial score (nSPS) is 11.6. The van der Waals surface area contributed by atoms with Crippen molar-refractivity contribution in [3.63, 3.8) is 0 Å². The van der Waals surface area contributed by atoms with E-state index in [4.69, 9.17) is 15.5 Å². The second-order valence-corrected chi connectivity index (χ2v) is 1.39. The highest BCUT2D eigenvalue weighted by Gasteiger charge is 2.06. The molecule has 0 aliphatic heterocycles. The van der Waals surface area contributed by atoms with Gasteiger partial charge in [-0.3, -0.25) is 0 Å². The van der Waals surface area contributed by atoms with Crippen molar-refractivity contribution < 1.29 is 15.0 Å². The maximum Gasteiger partial charge on any atom is 0.371 e. The molecule has 0 aromatic heterocycles. The number of carboxylic acid groups (broad SMARTS) is 1. The van der Waals surface area contributed by atoms with E-state index in [1.165, 1.54) is 13.0 Å². The number of allylic oxidation sites excluding steroid dienone is 1. The smallest absolute Gasteiger partial charge is 0.371 e. The molecule has 0 spiro atoms. The molecule has 2 N–H and O–H groups in total. The Hall–Kier alpha value is -1.50. The number of aliphatic hydroxyl groups excluding tert-OH is 1. The lowest BCUT2D eigenvalue weighted by atomic mass is 10.3. The van der Waals surface area contributed by atoms with Gasteiger partial charge in [0.1, 0.15) is 0 Å². The molecule has 0 rings (SSSR count). The molecule has 0 aliphatic rings. The van der Waals surface area contributed by atoms with Gasteiger partial charge in [-0.25, -0.2) is 4.79 Å². The van der Waals surface area contributed by atoms with Gasteiger partial charge in [-0.15, -0.1) is 0 Å². The predicted octanol–water partition coefficient (Wildman–Crippen LogP) is 0.427. The molecule has 48 valence electrons. The molecule has 0 bridgehead atoms. The number of hydrogen-bond donors (Lipinski definition) is 2. The Morgan fingerprint density at radius 2 is 2.00 bits per heavy atom. The number of carbonyl (C=O) groups is 1. The molecule has 0 aromatic carbocycles. The summed E-state index contributed by atoms with van der Waals surface area (Å²) in [5, 5.41) is 24.5. The molecule has 0 aromatic rings. The number of carboxylic acids is 1. The highest BCUT2D eigenvalue weighted by molar-refractivity contribution is 5.85. The monoisotopic (exact) mass is 127 g/mol. The molecule has 9 heavy (non-hydrogen) atoms. The van der Waals surface area contributed by atoms with Crippen LogP contribution in [0.1, 0.15) is 6.92 Å². The van der Waals surface area contributed by atoms with Gasteiger partial charge in [0, 0.05) is 0 Å². The van der Waals surface area contributed by atoms with Gasteiger partial charge in [0.05, 0.1) is 11.6 Å². The van der Waals surface area contributed by atoms with Crippen molar-refractivity contribution in [2.45, 2.75) is 6.92 Å². The first-order valence-corrected chi connectivity index (χ1v) is 2.12. The van der Waals surface area contributed by atoms with Gasteiger partial charge in [-0.05, 0) is 6.92 Å². The number of nitriles is 1. The van der Waals surface area contributed by atoms with Crippen LogP contribution >= 0.6 is 0 Å². The van der Waals surface area contributed by atoms with Crippen LogP contribution in [0.15, 0.2) is 11.3 Å². The molecule has 0 radical (unpaired) electrons. The van der Waals surface area contributed by atoms with Gasteiger partial charge in [0.25, 0.3) is 0 Å². The van der Waals surface area contributed by atoms with Gasteiger partial charge >= 0.3 is 5.97 Å². The second-order valence-electron chi connectivity index (χ2n) is 1.39. The van der Waals surface area contributed by atoms with Crippen LogP contribution in [0.25, 0.3) is 0 Å². The maximum atomic E-state index is 9.84. The molecule has 4 nitrogen and oxygen atoms in total. The maximum absolute atomic E-state index is 9.84. The predicted molar refractivity (Wildman–Crippen MR) is 28.6 cm³/mol. The van der Waals surface area contributed by atoms with E-state index in [2.05, 4.69) is 0 Å². The third-order valence-corrected chi connectivity index (χ3v) is 0.725. The second kappa shape index (κ2) is 2.72. The van der Waals surface area contributed by atoms with Crippen molar-refractivity contribution in [3.05, 3.63) is 11.3 Å². The molecule has 0 saturated heterocycles. The summed E-state index contributed by atoms with van der Waals surface area (Å²) in [6.45, 7) is 1.23. The van der Waals surface area contributed by atoms with Crippen molar-refractivity contribution >= 4 is 5.97 Å². The molecule has 0 heterocycles. The molecule has 0 atom stereocenters. The average Bonchev–Trinajstić information content (AvgIpc) is 1.84. The minimum absolute atomic E-state index is 0.192. The van der Waals surface area contributed by atoms with Crippen LogP contribution in [-0.2, 0) is 4.79 Å². The Bertz CT molecular complexity index is 199. The van der Waals surface area contributed by atoms with E-state index in [1.807, 2.05) is 0 Å². The quantitative estimate of drug-likeness (QED) is 0.304. The largest absolute Gasteiger partial charge is 0.501 e. The molecule has 0 unspecified atom stereocenters. The number of hydrogen-bond acceptors (Lipinski definition) is 3. The standard InChI is InChI=1S/C5H5NO3/c1-3(2-6)4(7)5(8)9/h7H,1H3,(H,8,9). The minimum atomic E-state index is -1.48. The van der Waals surface area contributed by atoms with Crippen molar-refractivity contribution in [2.24, 2.45) is 0 Å². The van der Waals surface area contributed by atoms with Gasteiger partial charge < -0.3 is 10.2 Å². The Labute approximate surface area is 51.7 Å². The van der Waals surface area contributed by atoms with E-state index < -0.39 is 11.7 Å². The SMILES string of the molecule is CC(C#N)=C(O)C(=O)O. The van der Waals surface area contributed by atoms with E-state index >= 15 is 0 Å². The third-order valence-electron chi connectivity index (χ3n) is 0.725. The van der Waals surface area contributed by atoms with Gasteiger partial charge in [-0.2, -0.15) is 5.26 Å². The van der Waals surface area contributed by atoms with Crippen molar-refractivity contribution in [2.75, 3.05) is 0 Å². The zero-order chi connectivity index (χ0) is 7.44. The summed E-state index contributed by atoms with van der Waals surface area (Å²) in [5.74, 6) is -2.37. The molecule has 4 heteroatoms. The molecular formula is C5H5NO3. The molecule has 0 saturated carbocycles. The summed E-state index contributed by atoms with van der Waals surface area (Å²) >= 11 is 0. The fourth-order valence-corrected chi connectivity index (χ4v) is 0.213. The highest BCUT2D eigenvalue weighted by atomic mass is 16.4. The van der Waals surface area contributed by atoms with Gasteiger partial charge in [0.15, 0.2) is 0 Å². The Morgan fingerprint density at radius 3 is 2.11 bits per heavy atom. The molecule has 0 amide bonds. The first kappa shape index (κ1) is 7.50. The minimum Gasteiger partial charge on any atom is -0.501 e. The summed E-state index contributed by atoms with van der Waals surface area (Å²) in [5.41, 5.74) is -0.192. The van der Waals surface area contributed by atoms with Crippen LogP contribution in [0, 0.1) is 11.3 Å². The lowest BCUT2D eigenvalue weighted by Gasteiger charge is -1.89. The van der Waals surface area contributed by atoms with E-state index in [1.54, 1.807) is 0 Å². The fraction of sp³-hybridized carbons (Fsp3) is 0.200. The molecular weight excluding hydrogens is 122 g/mol. The van der Waals surface area contributed by atoms with Gasteiger partial charge in [0.2, 0.25) is 5.76 Å². The summed E-state index contributed by atoms with van der Waals surface area (Å²) in [6, 6.07) is 1.49. The summed E-state index contributed by atoms with van der Waals surface area (Å²) in [4.78, 5) is 9.84. The van der Waals surface area contributed by atoms with Crippen LogP contribution < -0.4 is 0 Å². The fourth-order valence-electron chi connectivity index (χ4n) is 0.213. The number of rotatable bonds is 1. The van der Waals surface area contributed by atoms with Crippen LogP contribution in [0.5, 0.6) is 0 Å². The number of aliphatic carboxylic acids is 1. The van der Waals surface area contributed by atoms with E-state index in [9.17, 15) is 4.79 Å². The Balaban J connectivity index is 4.54. The van der Waals surface area contributed by atoms with E-state index in [0.29, 0.717) is 0 Å². The highest BCUT2D eigenvalue weighted by Crippen LogP contribution is 1.96. The molecule has 0 fully saturated rings. The summed E-state index contributed by atoms with van der Waals surface area (Å²) in [7, 11) is 0. The van der Waals surface area contributed by atoms with E-state index in [0.717, 1.165) is 0 Å². The lowest BCUT2D eigenvalue weighted by Crippen LogP contribution is -2.00. The van der Waals surface area contributed by atoms with Gasteiger partial charge in [-0.1, -0.05) is 0 Å². The van der Waals surface area contributed by atoms with Crippen molar-refractivity contribution in [3.8, 4) is 6.07 Å². The van der Waals surface area contributed by atoms with Crippen molar-refractivity contribution in [1.29, 1.82) is 5.26 Å². The lowest BCUT2D eigenvalue weighted by molar-refractivity contribution is -0.135. The first-order valence-electron chi connectivity index (χ1n) is 2.12. The summed E-state index contributed by atoms with van der Waals surface area (Å²) < 4.78 is 0. The van der Waals surface area contributed by atoms with Crippen LogP contribution in [0.3, 0.4) is 0 Å². The Kier molecular flexibility index (Phi) is 2.27.